The number of hydrogen-bond acceptors (Lipinski definition) is 3. The zero-order valence-corrected chi connectivity index (χ0v) is 15.9. The summed E-state index contributed by atoms with van der Waals surface area (Å²) in [5.74, 6) is -0.117. The molecular weight excluding hydrogens is 380 g/mol. The highest BCUT2D eigenvalue weighted by Gasteiger charge is 2.19. The summed E-state index contributed by atoms with van der Waals surface area (Å²) in [5.41, 5.74) is 8.91. The Morgan fingerprint density at radius 3 is 2.74 bits per heavy atom. The van der Waals surface area contributed by atoms with Crippen molar-refractivity contribution in [3.8, 4) is 0 Å². The Kier molecular flexibility index (Phi) is 7.25. The van der Waals surface area contributed by atoms with Crippen LogP contribution in [0.3, 0.4) is 0 Å². The van der Waals surface area contributed by atoms with Crippen LogP contribution in [-0.4, -0.2) is 28.3 Å². The molecule has 1 aromatic carbocycles. The number of carbonyl (C=O) groups excluding carboxylic acids is 1. The van der Waals surface area contributed by atoms with Crippen molar-refractivity contribution in [1.82, 2.24) is 15.1 Å². The first-order chi connectivity index (χ1) is 10.4. The highest BCUT2D eigenvalue weighted by Crippen LogP contribution is 2.17. The van der Waals surface area contributed by atoms with Crippen molar-refractivity contribution >= 4 is 34.2 Å². The molecule has 23 heavy (non-hydrogen) atoms. The molecule has 0 saturated heterocycles. The fraction of sp³-hybridized carbons (Fsp3) is 0.375. The van der Waals surface area contributed by atoms with Gasteiger partial charge in [-0.05, 0) is 38.5 Å². The lowest BCUT2D eigenvalue weighted by atomic mass is 10.1. The molecule has 0 aliphatic heterocycles. The Morgan fingerprint density at radius 2 is 2.13 bits per heavy atom. The standard InChI is InChI=1S/C16H21BrN4O.ClH/c1-10(8-18)19-16(22)15-11(2)20-21(12(15)3)9-13-5-4-6-14(17)7-13;/h4-7,10H,8-9,18H2,1-3H3,(H,19,22);1H/t10-;/m0./s1. The predicted molar refractivity (Wildman–Crippen MR) is 98.2 cm³/mol. The Morgan fingerprint density at radius 1 is 1.43 bits per heavy atom. The molecule has 0 aliphatic rings. The number of carbonyl (C=O) groups is 1. The average molecular weight is 402 g/mol. The molecule has 0 unspecified atom stereocenters. The molecule has 0 bridgehead atoms. The van der Waals surface area contributed by atoms with Gasteiger partial charge < -0.3 is 11.1 Å². The molecule has 1 heterocycles. The van der Waals surface area contributed by atoms with Gasteiger partial charge in [0.15, 0.2) is 0 Å². The molecule has 1 aromatic heterocycles. The molecule has 0 spiro atoms. The Balaban J connectivity index is 0.00000264. The average Bonchev–Trinajstić information content (AvgIpc) is 2.73. The summed E-state index contributed by atoms with van der Waals surface area (Å²) >= 11 is 3.47. The quantitative estimate of drug-likeness (QED) is 0.809. The summed E-state index contributed by atoms with van der Waals surface area (Å²) in [4.78, 5) is 12.3. The lowest BCUT2D eigenvalue weighted by Crippen LogP contribution is -2.38. The molecule has 2 aromatic rings. The maximum absolute atomic E-state index is 12.3. The van der Waals surface area contributed by atoms with E-state index in [2.05, 4.69) is 26.3 Å². The summed E-state index contributed by atoms with van der Waals surface area (Å²) in [6.07, 6.45) is 0. The van der Waals surface area contributed by atoms with Crippen LogP contribution in [0, 0.1) is 13.8 Å². The van der Waals surface area contributed by atoms with E-state index in [1.165, 1.54) is 0 Å². The van der Waals surface area contributed by atoms with Gasteiger partial charge in [-0.15, -0.1) is 12.4 Å². The predicted octanol–water partition coefficient (Wildman–Crippen LogP) is 2.81. The second kappa shape index (κ2) is 8.47. The molecule has 0 radical (unpaired) electrons. The first-order valence-electron chi connectivity index (χ1n) is 7.21. The van der Waals surface area contributed by atoms with Crippen LogP contribution >= 0.6 is 28.3 Å². The number of nitrogens with one attached hydrogen (secondary N) is 1. The van der Waals surface area contributed by atoms with Crippen molar-refractivity contribution in [2.45, 2.75) is 33.4 Å². The molecule has 1 amide bonds. The van der Waals surface area contributed by atoms with E-state index in [1.54, 1.807) is 0 Å². The van der Waals surface area contributed by atoms with E-state index in [0.717, 1.165) is 21.4 Å². The van der Waals surface area contributed by atoms with Gasteiger partial charge >= 0.3 is 0 Å². The second-order valence-corrected chi connectivity index (χ2v) is 6.36. The van der Waals surface area contributed by atoms with Crippen molar-refractivity contribution in [1.29, 1.82) is 0 Å². The summed E-state index contributed by atoms with van der Waals surface area (Å²) in [6.45, 7) is 6.70. The smallest absolute Gasteiger partial charge is 0.255 e. The van der Waals surface area contributed by atoms with Crippen molar-refractivity contribution in [2.24, 2.45) is 5.73 Å². The third kappa shape index (κ3) is 4.80. The highest BCUT2D eigenvalue weighted by atomic mass is 79.9. The van der Waals surface area contributed by atoms with Crippen LogP contribution in [0.15, 0.2) is 28.7 Å². The number of aryl methyl sites for hydroxylation is 1. The van der Waals surface area contributed by atoms with Gasteiger partial charge in [0.1, 0.15) is 0 Å². The van der Waals surface area contributed by atoms with Gasteiger partial charge in [0.05, 0.1) is 17.8 Å². The molecule has 126 valence electrons. The van der Waals surface area contributed by atoms with Crippen LogP contribution in [0.1, 0.15) is 34.2 Å². The fourth-order valence-electron chi connectivity index (χ4n) is 2.34. The van der Waals surface area contributed by atoms with Gasteiger partial charge in [-0.2, -0.15) is 5.10 Å². The monoisotopic (exact) mass is 400 g/mol. The Bertz CT molecular complexity index is 687. The summed E-state index contributed by atoms with van der Waals surface area (Å²) in [6, 6.07) is 8.00. The molecular formula is C16H22BrClN4O. The minimum absolute atomic E-state index is 0. The normalized spacial score (nSPS) is 11.7. The number of rotatable bonds is 5. The van der Waals surface area contributed by atoms with Crippen LogP contribution in [-0.2, 0) is 6.54 Å². The van der Waals surface area contributed by atoms with Crippen LogP contribution < -0.4 is 11.1 Å². The van der Waals surface area contributed by atoms with Gasteiger partial charge in [0.2, 0.25) is 0 Å². The molecule has 7 heteroatoms. The molecule has 0 aliphatic carbocycles. The van der Waals surface area contributed by atoms with E-state index in [4.69, 9.17) is 5.73 Å². The second-order valence-electron chi connectivity index (χ2n) is 5.44. The molecule has 3 N–H and O–H groups in total. The number of nitrogens with two attached hydrogens (primary N) is 1. The van der Waals surface area contributed by atoms with Gasteiger partial charge in [0, 0.05) is 22.8 Å². The van der Waals surface area contributed by atoms with Crippen LogP contribution in [0.5, 0.6) is 0 Å². The van der Waals surface area contributed by atoms with Crippen molar-refractivity contribution < 1.29 is 4.79 Å². The molecule has 2 rings (SSSR count). The number of aromatic nitrogens is 2. The van der Waals surface area contributed by atoms with Crippen LogP contribution in [0.4, 0.5) is 0 Å². The van der Waals surface area contributed by atoms with Gasteiger partial charge in [-0.25, -0.2) is 0 Å². The van der Waals surface area contributed by atoms with E-state index in [-0.39, 0.29) is 24.4 Å². The Hall–Kier alpha value is -1.37. The SMILES string of the molecule is Cc1nn(Cc2cccc(Br)c2)c(C)c1C(=O)N[C@@H](C)CN.Cl. The van der Waals surface area contributed by atoms with Crippen LogP contribution in [0.2, 0.25) is 0 Å². The van der Waals surface area contributed by atoms with Crippen LogP contribution in [0.25, 0.3) is 0 Å². The minimum atomic E-state index is -0.117. The number of benzene rings is 1. The summed E-state index contributed by atoms with van der Waals surface area (Å²) < 4.78 is 2.89. The number of halogens is 2. The zero-order valence-electron chi connectivity index (χ0n) is 13.5. The molecule has 5 nitrogen and oxygen atoms in total. The number of hydrogen-bond donors (Lipinski definition) is 2. The van der Waals surface area contributed by atoms with E-state index in [0.29, 0.717) is 18.7 Å². The third-order valence-electron chi connectivity index (χ3n) is 3.56. The molecule has 0 saturated carbocycles. The van der Waals surface area contributed by atoms with Crippen molar-refractivity contribution in [2.75, 3.05) is 6.54 Å². The maximum atomic E-state index is 12.3. The van der Waals surface area contributed by atoms with E-state index >= 15 is 0 Å². The van der Waals surface area contributed by atoms with E-state index in [1.807, 2.05) is 49.7 Å². The number of amides is 1. The summed E-state index contributed by atoms with van der Waals surface area (Å²) in [5, 5.41) is 7.39. The Labute approximate surface area is 151 Å². The lowest BCUT2D eigenvalue weighted by molar-refractivity contribution is 0.0940. The highest BCUT2D eigenvalue weighted by molar-refractivity contribution is 9.10. The lowest BCUT2D eigenvalue weighted by Gasteiger charge is -2.11. The molecule has 1 atom stereocenters. The number of nitrogens with zero attached hydrogens (tertiary/aromatic N) is 2. The van der Waals surface area contributed by atoms with E-state index < -0.39 is 0 Å². The first-order valence-corrected chi connectivity index (χ1v) is 8.01. The minimum Gasteiger partial charge on any atom is -0.348 e. The third-order valence-corrected chi connectivity index (χ3v) is 4.05. The topological polar surface area (TPSA) is 72.9 Å². The van der Waals surface area contributed by atoms with E-state index in [9.17, 15) is 4.79 Å². The molecule has 0 fully saturated rings. The maximum Gasteiger partial charge on any atom is 0.255 e. The van der Waals surface area contributed by atoms with Gasteiger partial charge in [0.25, 0.3) is 5.91 Å². The van der Waals surface area contributed by atoms with Gasteiger partial charge in [-0.1, -0.05) is 28.1 Å². The zero-order chi connectivity index (χ0) is 16.3. The van der Waals surface area contributed by atoms with Crippen molar-refractivity contribution in [3.05, 3.63) is 51.3 Å². The first kappa shape index (κ1) is 19.7. The largest absolute Gasteiger partial charge is 0.348 e. The van der Waals surface area contributed by atoms with Crippen molar-refractivity contribution in [3.63, 3.8) is 0 Å². The fourth-order valence-corrected chi connectivity index (χ4v) is 2.79. The van der Waals surface area contributed by atoms with Gasteiger partial charge in [-0.3, -0.25) is 9.48 Å². The summed E-state index contributed by atoms with van der Waals surface area (Å²) in [7, 11) is 0.